The van der Waals surface area contributed by atoms with Crippen LogP contribution in [0.4, 0.5) is 0 Å². The quantitative estimate of drug-likeness (QED) is 0.666. The molecule has 5 rings (SSSR count). The summed E-state index contributed by atoms with van der Waals surface area (Å²) in [4.78, 5) is 17.2. The first-order valence-corrected chi connectivity index (χ1v) is 11.4. The lowest BCUT2D eigenvalue weighted by atomic mass is 9.94. The molecule has 1 atom stereocenters. The Kier molecular flexibility index (Phi) is 6.50. The second kappa shape index (κ2) is 9.11. The van der Waals surface area contributed by atoms with Gasteiger partial charge < -0.3 is 9.80 Å². The lowest BCUT2D eigenvalue weighted by Gasteiger charge is -2.29. The van der Waals surface area contributed by atoms with Crippen LogP contribution < -0.4 is 0 Å². The number of carbonyl (C=O) groups is 1. The molecule has 30 heavy (non-hydrogen) atoms. The highest BCUT2D eigenvalue weighted by Crippen LogP contribution is 2.33. The van der Waals surface area contributed by atoms with E-state index in [9.17, 15) is 4.79 Å². The zero-order valence-electron chi connectivity index (χ0n) is 18.0. The lowest BCUT2D eigenvalue weighted by molar-refractivity contribution is -0.133. The predicted octanol–water partition coefficient (Wildman–Crippen LogP) is 5.10. The first-order chi connectivity index (χ1) is 14.2. The Hall–Kier alpha value is -1.84. The van der Waals surface area contributed by atoms with E-state index in [1.165, 1.54) is 53.7 Å². The van der Waals surface area contributed by atoms with Crippen molar-refractivity contribution in [3.63, 3.8) is 0 Å². The Bertz CT molecular complexity index is 890. The van der Waals surface area contributed by atoms with Crippen LogP contribution in [0, 0.1) is 5.92 Å². The van der Waals surface area contributed by atoms with Gasteiger partial charge in [-0.25, -0.2) is 0 Å². The van der Waals surface area contributed by atoms with Crippen molar-refractivity contribution in [2.75, 3.05) is 19.6 Å². The van der Waals surface area contributed by atoms with Crippen molar-refractivity contribution in [2.24, 2.45) is 5.92 Å². The average Bonchev–Trinajstić information content (AvgIpc) is 3.53. The van der Waals surface area contributed by atoms with Gasteiger partial charge in [0, 0.05) is 31.6 Å². The molecule has 0 bridgehead atoms. The summed E-state index contributed by atoms with van der Waals surface area (Å²) >= 11 is 0. The molecule has 4 heteroatoms. The fourth-order valence-electron chi connectivity index (χ4n) is 4.97. The topological polar surface area (TPSA) is 23.6 Å². The third-order valence-corrected chi connectivity index (χ3v) is 7.12. The molecular weight excluding hydrogens is 392 g/mol. The predicted molar refractivity (Wildman–Crippen MR) is 125 cm³/mol. The molecule has 2 heterocycles. The Balaban J connectivity index is 0.00000218. The molecular formula is C26H33ClN2O. The third kappa shape index (κ3) is 4.58. The Labute approximate surface area is 186 Å². The number of nitrogens with zero attached hydrogens (tertiary/aromatic N) is 2. The van der Waals surface area contributed by atoms with E-state index in [2.05, 4.69) is 59.2 Å². The van der Waals surface area contributed by atoms with Gasteiger partial charge in [0.2, 0.25) is 5.91 Å². The van der Waals surface area contributed by atoms with E-state index in [0.29, 0.717) is 11.8 Å². The van der Waals surface area contributed by atoms with Crippen LogP contribution in [0.25, 0.3) is 11.1 Å². The van der Waals surface area contributed by atoms with Crippen molar-refractivity contribution in [1.82, 2.24) is 9.80 Å². The lowest BCUT2D eigenvalue weighted by Crippen LogP contribution is -2.36. The highest BCUT2D eigenvalue weighted by atomic mass is 35.5. The second-order valence-electron chi connectivity index (χ2n) is 9.24. The van der Waals surface area contributed by atoms with Gasteiger partial charge in [0.1, 0.15) is 0 Å². The molecule has 160 valence electrons. The number of fused-ring (bicyclic) bond motifs is 1. The van der Waals surface area contributed by atoms with Gasteiger partial charge >= 0.3 is 0 Å². The number of hydrogen-bond acceptors (Lipinski definition) is 2. The smallest absolute Gasteiger partial charge is 0.225 e. The number of benzene rings is 2. The molecule has 3 aliphatic rings. The zero-order chi connectivity index (χ0) is 19.8. The van der Waals surface area contributed by atoms with Crippen molar-refractivity contribution in [2.45, 2.75) is 58.0 Å². The minimum absolute atomic E-state index is 0. The minimum atomic E-state index is 0. The number of rotatable bonds is 5. The van der Waals surface area contributed by atoms with Crippen LogP contribution in [0.15, 0.2) is 42.5 Å². The summed E-state index contributed by atoms with van der Waals surface area (Å²) in [5, 5.41) is 0. The first kappa shape index (κ1) is 21.4. The summed E-state index contributed by atoms with van der Waals surface area (Å²) in [6.45, 7) is 6.45. The molecule has 0 unspecified atom stereocenters. The Morgan fingerprint density at radius 3 is 2.43 bits per heavy atom. The summed E-state index contributed by atoms with van der Waals surface area (Å²) in [6, 6.07) is 16.7. The summed E-state index contributed by atoms with van der Waals surface area (Å²) in [7, 11) is 0. The Morgan fingerprint density at radius 2 is 1.73 bits per heavy atom. The second-order valence-corrected chi connectivity index (χ2v) is 9.24. The van der Waals surface area contributed by atoms with Crippen LogP contribution in [0.3, 0.4) is 0 Å². The molecule has 1 saturated carbocycles. The Morgan fingerprint density at radius 1 is 0.967 bits per heavy atom. The summed E-state index contributed by atoms with van der Waals surface area (Å²) in [6.07, 6.45) is 6.99. The molecule has 1 amide bonds. The summed E-state index contributed by atoms with van der Waals surface area (Å²) in [5.41, 5.74) is 6.70. The van der Waals surface area contributed by atoms with E-state index in [-0.39, 0.29) is 12.4 Å². The fourth-order valence-corrected chi connectivity index (χ4v) is 4.97. The van der Waals surface area contributed by atoms with Crippen LogP contribution in [0.2, 0.25) is 0 Å². The highest BCUT2D eigenvalue weighted by molar-refractivity contribution is 5.85. The minimum Gasteiger partial charge on any atom is -0.338 e. The van der Waals surface area contributed by atoms with Gasteiger partial charge in [0.05, 0.1) is 0 Å². The summed E-state index contributed by atoms with van der Waals surface area (Å²) in [5.74, 6) is 0.688. The van der Waals surface area contributed by atoms with E-state index in [4.69, 9.17) is 0 Å². The first-order valence-electron chi connectivity index (χ1n) is 11.4. The van der Waals surface area contributed by atoms with Crippen LogP contribution in [0.5, 0.6) is 0 Å². The zero-order valence-corrected chi connectivity index (χ0v) is 18.8. The number of hydrogen-bond donors (Lipinski definition) is 0. The van der Waals surface area contributed by atoms with Crippen molar-refractivity contribution < 1.29 is 4.79 Å². The van der Waals surface area contributed by atoms with Crippen LogP contribution in [-0.4, -0.2) is 41.4 Å². The molecule has 2 aromatic rings. The van der Waals surface area contributed by atoms with Gasteiger partial charge in [-0.1, -0.05) is 36.4 Å². The fraction of sp³-hybridized carbons (Fsp3) is 0.500. The normalized spacial score (nSPS) is 21.2. The van der Waals surface area contributed by atoms with E-state index in [1.54, 1.807) is 0 Å². The molecule has 3 nitrogen and oxygen atoms in total. The maximum Gasteiger partial charge on any atom is 0.225 e. The number of amides is 1. The van der Waals surface area contributed by atoms with Crippen LogP contribution >= 0.6 is 12.4 Å². The monoisotopic (exact) mass is 424 g/mol. The molecule has 1 saturated heterocycles. The van der Waals surface area contributed by atoms with Gasteiger partial charge in [-0.2, -0.15) is 0 Å². The van der Waals surface area contributed by atoms with Crippen LogP contribution in [0.1, 0.15) is 49.3 Å². The SMILES string of the molecule is C[C@@H]1CCCN1CCc1ccc(-c2ccc3c(c2)CN(C(=O)C2CC2)CC3)cc1.Cl. The molecule has 2 fully saturated rings. The molecule has 0 aromatic heterocycles. The largest absolute Gasteiger partial charge is 0.338 e. The highest BCUT2D eigenvalue weighted by Gasteiger charge is 2.34. The molecule has 0 radical (unpaired) electrons. The number of halogens is 1. The van der Waals surface area contributed by atoms with Gasteiger partial charge in [0.15, 0.2) is 0 Å². The van der Waals surface area contributed by atoms with Crippen LogP contribution in [-0.2, 0) is 24.2 Å². The molecule has 1 aliphatic carbocycles. The third-order valence-electron chi connectivity index (χ3n) is 7.12. The van der Waals surface area contributed by atoms with Crippen molar-refractivity contribution in [3.8, 4) is 11.1 Å². The maximum atomic E-state index is 12.5. The van der Waals surface area contributed by atoms with Gasteiger partial charge in [-0.05, 0) is 85.9 Å². The molecule has 0 N–H and O–H groups in total. The standard InChI is InChI=1S/C26H32N2O.ClH/c1-19-3-2-14-27(19)15-12-20-4-6-21(7-5-20)24-11-8-22-13-16-28(18-25(22)17-24)26(29)23-9-10-23;/h4-8,11,17,19,23H,2-3,9-10,12-16,18H2,1H3;1H/t19-;/m1./s1. The van der Waals surface area contributed by atoms with Gasteiger partial charge in [0.25, 0.3) is 0 Å². The van der Waals surface area contributed by atoms with E-state index < -0.39 is 0 Å². The maximum absolute atomic E-state index is 12.5. The number of carbonyl (C=O) groups excluding carboxylic acids is 1. The van der Waals surface area contributed by atoms with Gasteiger partial charge in [-0.3, -0.25) is 4.79 Å². The van der Waals surface area contributed by atoms with E-state index >= 15 is 0 Å². The molecule has 0 spiro atoms. The van der Waals surface area contributed by atoms with Crippen molar-refractivity contribution in [1.29, 1.82) is 0 Å². The van der Waals surface area contributed by atoms with E-state index in [1.807, 2.05) is 0 Å². The summed E-state index contributed by atoms with van der Waals surface area (Å²) < 4.78 is 0. The number of likely N-dealkylation sites (tertiary alicyclic amines) is 1. The van der Waals surface area contributed by atoms with Gasteiger partial charge in [-0.15, -0.1) is 12.4 Å². The van der Waals surface area contributed by atoms with E-state index in [0.717, 1.165) is 44.8 Å². The molecule has 2 aliphatic heterocycles. The van der Waals surface area contributed by atoms with Crippen molar-refractivity contribution in [3.05, 3.63) is 59.2 Å². The van der Waals surface area contributed by atoms with Crippen molar-refractivity contribution >= 4 is 18.3 Å². The molecule has 2 aromatic carbocycles. The average molecular weight is 425 g/mol.